The van der Waals surface area contributed by atoms with Gasteiger partial charge in [-0.1, -0.05) is 11.2 Å². The summed E-state index contributed by atoms with van der Waals surface area (Å²) in [5, 5.41) is 4.16. The molecule has 0 atom stereocenters. The topological polar surface area (TPSA) is 67.8 Å². The highest BCUT2D eigenvalue weighted by atomic mass is 16.5. The van der Waals surface area contributed by atoms with Crippen LogP contribution in [0.2, 0.25) is 0 Å². The van der Waals surface area contributed by atoms with Crippen LogP contribution in [0.5, 0.6) is 5.75 Å². The highest BCUT2D eigenvalue weighted by Crippen LogP contribution is 2.28. The Hall–Kier alpha value is -2.05. The van der Waals surface area contributed by atoms with Crippen molar-refractivity contribution >= 4 is 5.69 Å². The highest BCUT2D eigenvalue weighted by molar-refractivity contribution is 5.67. The van der Waals surface area contributed by atoms with Gasteiger partial charge in [0.1, 0.15) is 11.4 Å². The second kappa shape index (κ2) is 6.37. The highest BCUT2D eigenvalue weighted by Gasteiger charge is 2.16. The van der Waals surface area contributed by atoms with Gasteiger partial charge in [-0.25, -0.2) is 0 Å². The summed E-state index contributed by atoms with van der Waals surface area (Å²) in [4.78, 5) is 4.72. The molecule has 0 radical (unpaired) electrons. The molecule has 2 N–H and O–H groups in total. The molecule has 3 rings (SSSR count). The smallest absolute Gasteiger partial charge is 0.151 e. The number of methoxy groups -OCH3 is 1. The number of ether oxygens (including phenoxy) is 1. The summed E-state index contributed by atoms with van der Waals surface area (Å²) < 4.78 is 10.7. The zero-order valence-corrected chi connectivity index (χ0v) is 13.1. The molecule has 22 heavy (non-hydrogen) atoms. The van der Waals surface area contributed by atoms with Crippen LogP contribution in [0.25, 0.3) is 11.3 Å². The summed E-state index contributed by atoms with van der Waals surface area (Å²) >= 11 is 0. The van der Waals surface area contributed by atoms with Crippen molar-refractivity contribution in [3.8, 4) is 17.0 Å². The maximum absolute atomic E-state index is 5.84. The van der Waals surface area contributed by atoms with Gasteiger partial charge in [0.15, 0.2) is 5.76 Å². The van der Waals surface area contributed by atoms with E-state index in [0.29, 0.717) is 11.4 Å². The monoisotopic (exact) mass is 302 g/mol. The zero-order valence-electron chi connectivity index (χ0n) is 13.1. The van der Waals surface area contributed by atoms with Crippen LogP contribution in [0.4, 0.5) is 5.69 Å². The third kappa shape index (κ3) is 3.23. The predicted octanol–water partition coefficient (Wildman–Crippen LogP) is 1.68. The Bertz CT molecular complexity index is 633. The minimum atomic E-state index is 0.618. The summed E-state index contributed by atoms with van der Waals surface area (Å²) in [7, 11) is 3.76. The van der Waals surface area contributed by atoms with Crippen molar-refractivity contribution in [1.82, 2.24) is 15.0 Å². The summed E-state index contributed by atoms with van der Waals surface area (Å²) in [6.45, 7) is 5.10. The van der Waals surface area contributed by atoms with Gasteiger partial charge >= 0.3 is 0 Å². The third-order valence-electron chi connectivity index (χ3n) is 4.06. The minimum Gasteiger partial charge on any atom is -0.495 e. The number of hydrogen-bond donors (Lipinski definition) is 1. The number of benzene rings is 1. The normalized spacial score (nSPS) is 16.8. The van der Waals surface area contributed by atoms with E-state index < -0.39 is 0 Å². The van der Waals surface area contributed by atoms with Gasteiger partial charge in [-0.3, -0.25) is 4.90 Å². The van der Waals surface area contributed by atoms with E-state index in [1.807, 2.05) is 24.3 Å². The van der Waals surface area contributed by atoms with Crippen LogP contribution in [-0.4, -0.2) is 55.3 Å². The number of nitrogens with two attached hydrogens (primary N) is 1. The van der Waals surface area contributed by atoms with Gasteiger partial charge in [0, 0.05) is 37.8 Å². The molecule has 1 aromatic carbocycles. The van der Waals surface area contributed by atoms with Crippen molar-refractivity contribution in [3.05, 3.63) is 30.0 Å². The molecule has 6 heteroatoms. The first kappa shape index (κ1) is 14.9. The van der Waals surface area contributed by atoms with Gasteiger partial charge in [0.05, 0.1) is 19.3 Å². The van der Waals surface area contributed by atoms with Crippen molar-refractivity contribution in [1.29, 1.82) is 0 Å². The van der Waals surface area contributed by atoms with E-state index in [-0.39, 0.29) is 0 Å². The Kier molecular flexibility index (Phi) is 4.31. The van der Waals surface area contributed by atoms with Crippen LogP contribution < -0.4 is 10.5 Å². The second-order valence-corrected chi connectivity index (χ2v) is 5.71. The number of anilines is 1. The first-order valence-electron chi connectivity index (χ1n) is 7.46. The first-order valence-corrected chi connectivity index (χ1v) is 7.46. The number of rotatable bonds is 4. The molecule has 1 aliphatic rings. The Labute approximate surface area is 130 Å². The number of nitrogen functional groups attached to an aromatic ring is 1. The molecular weight excluding hydrogens is 280 g/mol. The van der Waals surface area contributed by atoms with E-state index in [1.54, 1.807) is 7.11 Å². The van der Waals surface area contributed by atoms with Gasteiger partial charge < -0.3 is 19.9 Å². The maximum atomic E-state index is 5.84. The molecule has 0 saturated carbocycles. The van der Waals surface area contributed by atoms with E-state index in [4.69, 9.17) is 15.0 Å². The van der Waals surface area contributed by atoms with E-state index in [1.165, 1.54) is 0 Å². The standard InChI is InChI=1S/C16H22N4O2/c1-19-5-7-20(8-6-19)11-13-10-15(18-22-13)12-3-4-14(17)16(9-12)21-2/h3-4,9-10H,5-8,11,17H2,1-2H3. The molecule has 6 nitrogen and oxygen atoms in total. The number of likely N-dealkylation sites (N-methyl/N-ethyl adjacent to an activating group) is 1. The average molecular weight is 302 g/mol. The fourth-order valence-corrected chi connectivity index (χ4v) is 2.62. The Morgan fingerprint density at radius 3 is 2.73 bits per heavy atom. The number of hydrogen-bond acceptors (Lipinski definition) is 6. The maximum Gasteiger partial charge on any atom is 0.151 e. The summed E-state index contributed by atoms with van der Waals surface area (Å²) in [6, 6.07) is 7.62. The lowest BCUT2D eigenvalue weighted by Gasteiger charge is -2.31. The Morgan fingerprint density at radius 2 is 2.00 bits per heavy atom. The van der Waals surface area contributed by atoms with Crippen molar-refractivity contribution in [2.24, 2.45) is 0 Å². The summed E-state index contributed by atoms with van der Waals surface area (Å²) in [6.07, 6.45) is 0. The van der Waals surface area contributed by atoms with E-state index in [2.05, 4.69) is 22.0 Å². The van der Waals surface area contributed by atoms with Crippen molar-refractivity contribution in [3.63, 3.8) is 0 Å². The van der Waals surface area contributed by atoms with Crippen molar-refractivity contribution in [2.45, 2.75) is 6.54 Å². The molecule has 2 heterocycles. The lowest BCUT2D eigenvalue weighted by atomic mass is 10.1. The number of nitrogens with zero attached hydrogens (tertiary/aromatic N) is 3. The van der Waals surface area contributed by atoms with Gasteiger partial charge in [-0.05, 0) is 19.2 Å². The molecule has 1 fully saturated rings. The molecule has 1 aromatic heterocycles. The van der Waals surface area contributed by atoms with Gasteiger partial charge in [0.25, 0.3) is 0 Å². The largest absolute Gasteiger partial charge is 0.495 e. The molecule has 2 aromatic rings. The zero-order chi connectivity index (χ0) is 15.5. The third-order valence-corrected chi connectivity index (χ3v) is 4.06. The Morgan fingerprint density at radius 1 is 1.23 bits per heavy atom. The van der Waals surface area contributed by atoms with Gasteiger partial charge in [-0.15, -0.1) is 0 Å². The lowest BCUT2D eigenvalue weighted by molar-refractivity contribution is 0.137. The molecule has 0 aliphatic carbocycles. The quantitative estimate of drug-likeness (QED) is 0.867. The first-order chi connectivity index (χ1) is 10.7. The molecule has 0 spiro atoms. The number of aromatic nitrogens is 1. The summed E-state index contributed by atoms with van der Waals surface area (Å²) in [5.41, 5.74) is 8.21. The predicted molar refractivity (Wildman–Crippen MR) is 85.7 cm³/mol. The SMILES string of the molecule is COc1cc(-c2cc(CN3CCN(C)CC3)on2)ccc1N. The minimum absolute atomic E-state index is 0.618. The fraction of sp³-hybridized carbons (Fsp3) is 0.438. The van der Waals surface area contributed by atoms with Crippen LogP contribution >= 0.6 is 0 Å². The lowest BCUT2D eigenvalue weighted by Crippen LogP contribution is -2.43. The molecule has 118 valence electrons. The fourth-order valence-electron chi connectivity index (χ4n) is 2.62. The average Bonchev–Trinajstić information content (AvgIpc) is 2.98. The molecule has 1 aliphatic heterocycles. The van der Waals surface area contributed by atoms with E-state index in [9.17, 15) is 0 Å². The van der Waals surface area contributed by atoms with E-state index >= 15 is 0 Å². The molecule has 0 bridgehead atoms. The van der Waals surface area contributed by atoms with Crippen molar-refractivity contribution < 1.29 is 9.26 Å². The van der Waals surface area contributed by atoms with Crippen LogP contribution in [0, 0.1) is 0 Å². The van der Waals surface area contributed by atoms with Gasteiger partial charge in [-0.2, -0.15) is 0 Å². The van der Waals surface area contributed by atoms with Gasteiger partial charge in [0.2, 0.25) is 0 Å². The second-order valence-electron chi connectivity index (χ2n) is 5.71. The van der Waals surface area contributed by atoms with Crippen LogP contribution in [0.1, 0.15) is 5.76 Å². The number of piperazine rings is 1. The molecule has 0 unspecified atom stereocenters. The van der Waals surface area contributed by atoms with Crippen LogP contribution in [0.3, 0.4) is 0 Å². The van der Waals surface area contributed by atoms with Crippen LogP contribution in [-0.2, 0) is 6.54 Å². The Balaban J connectivity index is 1.71. The molecule has 1 saturated heterocycles. The molecule has 0 amide bonds. The van der Waals surface area contributed by atoms with Crippen molar-refractivity contribution in [2.75, 3.05) is 46.1 Å². The van der Waals surface area contributed by atoms with E-state index in [0.717, 1.165) is 49.7 Å². The molecular formula is C16H22N4O2. The summed E-state index contributed by atoms with van der Waals surface area (Å²) in [5.74, 6) is 1.54. The van der Waals surface area contributed by atoms with Crippen LogP contribution in [0.15, 0.2) is 28.8 Å².